The van der Waals surface area contributed by atoms with Crippen LogP contribution in [-0.4, -0.2) is 59.0 Å². The van der Waals surface area contributed by atoms with Crippen LogP contribution in [0.4, 0.5) is 0 Å². The number of carbonyl (C=O) groups is 1. The molecule has 2 fully saturated rings. The van der Waals surface area contributed by atoms with E-state index in [2.05, 4.69) is 65.9 Å². The molecular weight excluding hydrogens is 698 g/mol. The zero-order chi connectivity index (χ0) is 38.0. The monoisotopic (exact) mass is 749 g/mol. The van der Waals surface area contributed by atoms with E-state index in [-0.39, 0.29) is 18.6 Å². The van der Waals surface area contributed by atoms with Gasteiger partial charge in [-0.15, -0.1) is 0 Å². The Morgan fingerprint density at radius 1 is 0.870 bits per heavy atom. The van der Waals surface area contributed by atoms with Crippen LogP contribution in [0.3, 0.4) is 0 Å². The van der Waals surface area contributed by atoms with Crippen molar-refractivity contribution >= 4 is 17.5 Å². The minimum atomic E-state index is -0.228. The number of nitrogens with two attached hydrogens (primary N) is 1. The Hall–Kier alpha value is -4.62. The Kier molecular flexibility index (Phi) is 13.5. The van der Waals surface area contributed by atoms with E-state index in [0.29, 0.717) is 41.3 Å². The molecule has 0 aliphatic carbocycles. The number of nitrogens with zero attached hydrogens (tertiary/aromatic N) is 4. The Labute approximate surface area is 325 Å². The van der Waals surface area contributed by atoms with Gasteiger partial charge in [-0.25, -0.2) is 0 Å². The molecule has 3 aromatic carbocycles. The predicted molar refractivity (Wildman–Crippen MR) is 213 cm³/mol. The van der Waals surface area contributed by atoms with Crippen LogP contribution in [0.15, 0.2) is 67.0 Å². The highest BCUT2D eigenvalue weighted by Crippen LogP contribution is 2.37. The normalized spacial score (nSPS) is 17.8. The van der Waals surface area contributed by atoms with Gasteiger partial charge in [-0.3, -0.25) is 19.6 Å². The van der Waals surface area contributed by atoms with Gasteiger partial charge < -0.3 is 19.9 Å². The fourth-order valence-corrected chi connectivity index (χ4v) is 7.97. The average Bonchev–Trinajstić information content (AvgIpc) is 3.18. The minimum absolute atomic E-state index is 0.167. The lowest BCUT2D eigenvalue weighted by molar-refractivity contribution is -0.124. The second-order valence-corrected chi connectivity index (χ2v) is 15.1. The maximum Gasteiger partial charge on any atom is 0.234 e. The summed E-state index contributed by atoms with van der Waals surface area (Å²) in [5.41, 5.74) is 13.4. The zero-order valence-corrected chi connectivity index (χ0v) is 32.5. The van der Waals surface area contributed by atoms with Crippen LogP contribution in [0.1, 0.15) is 85.3 Å². The summed E-state index contributed by atoms with van der Waals surface area (Å²) in [6.45, 7) is 11.1. The molecule has 0 saturated carbocycles. The summed E-state index contributed by atoms with van der Waals surface area (Å²) < 4.78 is 19.1. The number of primary amides is 1. The van der Waals surface area contributed by atoms with Crippen LogP contribution in [0.25, 0.3) is 11.1 Å². The topological polar surface area (TPSA) is 114 Å². The highest BCUT2D eigenvalue weighted by Gasteiger charge is 2.26. The van der Waals surface area contributed by atoms with E-state index < -0.39 is 0 Å². The second-order valence-electron chi connectivity index (χ2n) is 14.6. The molecule has 284 valence electrons. The van der Waals surface area contributed by atoms with Gasteiger partial charge in [0.2, 0.25) is 5.91 Å². The SMILES string of the molecule is Cc1c(COc2cc(OCc3cncc(C#N)c3)c(CN3CCCC[C@H]3C)cc2Cl)cccc1-c1cccc(OCCCN2CCCCC2C(N)=O)c1C. The Morgan fingerprint density at radius 3 is 2.39 bits per heavy atom. The summed E-state index contributed by atoms with van der Waals surface area (Å²) in [6, 6.07) is 20.6. The van der Waals surface area contributed by atoms with Gasteiger partial charge in [0.05, 0.1) is 23.2 Å². The summed E-state index contributed by atoms with van der Waals surface area (Å²) in [5.74, 6) is 1.88. The molecule has 1 unspecified atom stereocenters. The molecule has 10 heteroatoms. The molecule has 2 N–H and O–H groups in total. The lowest BCUT2D eigenvalue weighted by atomic mass is 9.93. The van der Waals surface area contributed by atoms with Gasteiger partial charge in [-0.05, 0) is 112 Å². The number of halogens is 1. The molecule has 9 nitrogen and oxygen atoms in total. The van der Waals surface area contributed by atoms with Gasteiger partial charge >= 0.3 is 0 Å². The fourth-order valence-electron chi connectivity index (χ4n) is 7.72. The lowest BCUT2D eigenvalue weighted by Gasteiger charge is -2.33. The number of aromatic nitrogens is 1. The summed E-state index contributed by atoms with van der Waals surface area (Å²) in [4.78, 5) is 20.8. The number of benzene rings is 3. The third-order valence-electron chi connectivity index (χ3n) is 10.9. The smallest absolute Gasteiger partial charge is 0.234 e. The van der Waals surface area contributed by atoms with E-state index in [1.807, 2.05) is 24.3 Å². The van der Waals surface area contributed by atoms with Crippen LogP contribution in [0, 0.1) is 25.2 Å². The number of hydrogen-bond acceptors (Lipinski definition) is 8. The number of pyridine rings is 1. The molecule has 2 aliphatic heterocycles. The quantitative estimate of drug-likeness (QED) is 0.120. The molecule has 3 heterocycles. The van der Waals surface area contributed by atoms with Gasteiger partial charge in [0.1, 0.15) is 36.5 Å². The number of likely N-dealkylation sites (tertiary alicyclic amines) is 2. The summed E-state index contributed by atoms with van der Waals surface area (Å²) in [5, 5.41) is 9.89. The predicted octanol–water partition coefficient (Wildman–Crippen LogP) is 8.53. The highest BCUT2D eigenvalue weighted by atomic mass is 35.5. The number of piperidine rings is 2. The molecule has 2 aliphatic rings. The van der Waals surface area contributed by atoms with Crippen molar-refractivity contribution in [3.8, 4) is 34.4 Å². The molecular formula is C44H52ClN5O4. The van der Waals surface area contributed by atoms with Crippen molar-refractivity contribution < 1.29 is 19.0 Å². The molecule has 1 aromatic heterocycles. The molecule has 54 heavy (non-hydrogen) atoms. The Bertz CT molecular complexity index is 1960. The standard InChI is InChI=1S/C44H52ClN5O4/c1-30-11-4-6-18-50(30)27-36-22-39(45)43(23-42(36)53-28-34-21-33(24-46)25-48-26-34)54-29-35-12-8-13-37(31(35)2)38-14-9-16-41(32(38)3)52-20-10-19-49-17-7-5-15-40(49)44(47)51/h8-9,12-14,16,21-23,25-26,30,40H,4-7,10-11,15,17-20,27-29H2,1-3H3,(H2,47,51)/t30-,40?/m1/s1. The molecule has 2 atom stereocenters. The Morgan fingerprint density at radius 2 is 1.61 bits per heavy atom. The van der Waals surface area contributed by atoms with E-state index in [1.165, 1.54) is 19.3 Å². The lowest BCUT2D eigenvalue weighted by Crippen LogP contribution is -2.48. The largest absolute Gasteiger partial charge is 0.493 e. The maximum absolute atomic E-state index is 11.9. The molecule has 2 saturated heterocycles. The van der Waals surface area contributed by atoms with Crippen LogP contribution in [-0.2, 0) is 24.6 Å². The van der Waals surface area contributed by atoms with Crippen LogP contribution >= 0.6 is 11.6 Å². The van der Waals surface area contributed by atoms with E-state index in [9.17, 15) is 10.1 Å². The molecule has 0 radical (unpaired) electrons. The molecule has 0 bridgehead atoms. The van der Waals surface area contributed by atoms with Crippen molar-refractivity contribution in [1.29, 1.82) is 5.26 Å². The first-order valence-corrected chi connectivity index (χ1v) is 19.6. The number of hydrogen-bond donors (Lipinski definition) is 1. The first-order valence-electron chi connectivity index (χ1n) is 19.2. The van der Waals surface area contributed by atoms with Crippen molar-refractivity contribution in [3.63, 3.8) is 0 Å². The van der Waals surface area contributed by atoms with Gasteiger partial charge in [-0.1, -0.05) is 54.8 Å². The van der Waals surface area contributed by atoms with Crippen molar-refractivity contribution in [2.24, 2.45) is 5.73 Å². The maximum atomic E-state index is 11.9. The molecule has 1 amide bonds. The first-order chi connectivity index (χ1) is 26.2. The van der Waals surface area contributed by atoms with E-state index in [4.69, 9.17) is 31.5 Å². The number of ether oxygens (including phenoxy) is 3. The van der Waals surface area contributed by atoms with E-state index >= 15 is 0 Å². The highest BCUT2D eigenvalue weighted by molar-refractivity contribution is 6.32. The molecule has 4 aromatic rings. The van der Waals surface area contributed by atoms with E-state index in [0.717, 1.165) is 96.6 Å². The fraction of sp³-hybridized carbons (Fsp3) is 0.432. The summed E-state index contributed by atoms with van der Waals surface area (Å²) in [7, 11) is 0. The number of carbonyl (C=O) groups excluding carboxylic acids is 1. The van der Waals surface area contributed by atoms with Gasteiger partial charge in [0.25, 0.3) is 0 Å². The number of rotatable bonds is 15. The van der Waals surface area contributed by atoms with Crippen molar-refractivity contribution in [2.45, 2.75) is 97.6 Å². The van der Waals surface area contributed by atoms with Gasteiger partial charge in [-0.2, -0.15) is 5.26 Å². The zero-order valence-electron chi connectivity index (χ0n) is 31.8. The second kappa shape index (κ2) is 18.6. The van der Waals surface area contributed by atoms with Gasteiger partial charge in [0, 0.05) is 48.7 Å². The Balaban J connectivity index is 1.15. The summed E-state index contributed by atoms with van der Waals surface area (Å²) in [6.07, 6.45) is 10.7. The molecule has 0 spiro atoms. The van der Waals surface area contributed by atoms with Crippen molar-refractivity contribution in [1.82, 2.24) is 14.8 Å². The minimum Gasteiger partial charge on any atom is -0.493 e. The third kappa shape index (κ3) is 9.72. The molecule has 6 rings (SSSR count). The average molecular weight is 750 g/mol. The van der Waals surface area contributed by atoms with Crippen LogP contribution < -0.4 is 19.9 Å². The van der Waals surface area contributed by atoms with Crippen molar-refractivity contribution in [3.05, 3.63) is 105 Å². The van der Waals surface area contributed by atoms with Crippen LogP contribution in [0.2, 0.25) is 5.02 Å². The van der Waals surface area contributed by atoms with E-state index in [1.54, 1.807) is 18.5 Å². The van der Waals surface area contributed by atoms with Crippen LogP contribution in [0.5, 0.6) is 17.2 Å². The third-order valence-corrected chi connectivity index (χ3v) is 11.2. The van der Waals surface area contributed by atoms with Gasteiger partial charge in [0.15, 0.2) is 0 Å². The number of nitriles is 1. The van der Waals surface area contributed by atoms with Crippen molar-refractivity contribution in [2.75, 3.05) is 26.2 Å². The number of amides is 1. The summed E-state index contributed by atoms with van der Waals surface area (Å²) >= 11 is 6.92. The first kappa shape index (κ1) is 39.1.